The van der Waals surface area contributed by atoms with Crippen LogP contribution in [0.4, 0.5) is 10.5 Å². The molecular formula is C13H16INO4. The minimum absolute atomic E-state index is 0.409. The van der Waals surface area contributed by atoms with Crippen LogP contribution in [0.3, 0.4) is 0 Å². The Balaban J connectivity index is 2.79. The third kappa shape index (κ3) is 5.06. The summed E-state index contributed by atoms with van der Waals surface area (Å²) in [6, 6.07) is 4.90. The monoisotopic (exact) mass is 377 g/mol. The molecule has 0 atom stereocenters. The van der Waals surface area contributed by atoms with Crippen molar-refractivity contribution in [2.24, 2.45) is 0 Å². The van der Waals surface area contributed by atoms with E-state index in [1.807, 2.05) is 22.6 Å². The SMILES string of the molecule is COC(=O)c1ccc(NC(=O)OC(C)(C)C)cc1I. The molecule has 0 aliphatic heterocycles. The molecule has 0 saturated heterocycles. The number of carbonyl (C=O) groups excluding carboxylic acids is 2. The van der Waals surface area contributed by atoms with Crippen LogP contribution in [0, 0.1) is 3.57 Å². The zero-order valence-electron chi connectivity index (χ0n) is 11.2. The van der Waals surface area contributed by atoms with E-state index in [4.69, 9.17) is 4.74 Å². The van der Waals surface area contributed by atoms with Gasteiger partial charge in [-0.1, -0.05) is 0 Å². The van der Waals surface area contributed by atoms with Crippen molar-refractivity contribution in [3.8, 4) is 0 Å². The lowest BCUT2D eigenvalue weighted by Crippen LogP contribution is -2.27. The lowest BCUT2D eigenvalue weighted by atomic mass is 10.2. The molecule has 0 aliphatic rings. The van der Waals surface area contributed by atoms with Crippen molar-refractivity contribution in [2.45, 2.75) is 26.4 Å². The topological polar surface area (TPSA) is 64.6 Å². The first kappa shape index (κ1) is 15.7. The Kier molecular flexibility index (Phi) is 5.16. The second kappa shape index (κ2) is 6.23. The van der Waals surface area contributed by atoms with Crippen LogP contribution in [0.5, 0.6) is 0 Å². The van der Waals surface area contributed by atoms with Crippen molar-refractivity contribution in [3.05, 3.63) is 27.3 Å². The van der Waals surface area contributed by atoms with Crippen LogP contribution in [0.2, 0.25) is 0 Å². The van der Waals surface area contributed by atoms with E-state index in [-0.39, 0.29) is 0 Å². The minimum atomic E-state index is -0.552. The fourth-order valence-corrected chi connectivity index (χ4v) is 2.03. The molecule has 104 valence electrons. The average molecular weight is 377 g/mol. The second-order valence-corrected chi connectivity index (χ2v) is 5.98. The molecule has 0 spiro atoms. The maximum absolute atomic E-state index is 11.6. The molecule has 0 fully saturated rings. The first-order chi connectivity index (χ1) is 8.73. The van der Waals surface area contributed by atoms with E-state index in [0.717, 1.165) is 0 Å². The van der Waals surface area contributed by atoms with Gasteiger partial charge in [-0.25, -0.2) is 9.59 Å². The quantitative estimate of drug-likeness (QED) is 0.634. The molecule has 0 bridgehead atoms. The van der Waals surface area contributed by atoms with Crippen LogP contribution in [-0.2, 0) is 9.47 Å². The third-order valence-corrected chi connectivity index (χ3v) is 2.91. The third-order valence-electron chi connectivity index (χ3n) is 2.02. The Morgan fingerprint density at radius 1 is 1.26 bits per heavy atom. The predicted octanol–water partition coefficient (Wildman–Crippen LogP) is 3.42. The van der Waals surface area contributed by atoms with Crippen LogP contribution >= 0.6 is 22.6 Å². The minimum Gasteiger partial charge on any atom is -0.465 e. The van der Waals surface area contributed by atoms with Crippen molar-refractivity contribution in [3.63, 3.8) is 0 Å². The molecule has 0 aliphatic carbocycles. The molecule has 19 heavy (non-hydrogen) atoms. The van der Waals surface area contributed by atoms with Gasteiger partial charge >= 0.3 is 12.1 Å². The zero-order chi connectivity index (χ0) is 14.6. The molecule has 6 heteroatoms. The first-order valence-corrected chi connectivity index (χ1v) is 6.68. The van der Waals surface area contributed by atoms with Crippen LogP contribution in [0.25, 0.3) is 0 Å². The van der Waals surface area contributed by atoms with Crippen molar-refractivity contribution in [1.29, 1.82) is 0 Å². The first-order valence-electron chi connectivity index (χ1n) is 5.61. The molecule has 1 amide bonds. The number of hydrogen-bond acceptors (Lipinski definition) is 4. The number of hydrogen-bond donors (Lipinski definition) is 1. The number of carbonyl (C=O) groups is 2. The highest BCUT2D eigenvalue weighted by Gasteiger charge is 2.17. The molecular weight excluding hydrogens is 361 g/mol. The second-order valence-electron chi connectivity index (χ2n) is 4.81. The van der Waals surface area contributed by atoms with Gasteiger partial charge in [0.1, 0.15) is 5.60 Å². The molecule has 5 nitrogen and oxygen atoms in total. The summed E-state index contributed by atoms with van der Waals surface area (Å²) < 4.78 is 10.5. The van der Waals surface area contributed by atoms with E-state index in [9.17, 15) is 9.59 Å². The van der Waals surface area contributed by atoms with Crippen LogP contribution in [-0.4, -0.2) is 24.8 Å². The average Bonchev–Trinajstić information content (AvgIpc) is 2.25. The Morgan fingerprint density at radius 2 is 1.89 bits per heavy atom. The summed E-state index contributed by atoms with van der Waals surface area (Å²) in [7, 11) is 1.32. The van der Waals surface area contributed by atoms with E-state index in [1.165, 1.54) is 7.11 Å². The highest BCUT2D eigenvalue weighted by molar-refractivity contribution is 14.1. The van der Waals surface area contributed by atoms with Gasteiger partial charge in [-0.05, 0) is 61.6 Å². The molecule has 0 radical (unpaired) electrons. The Hall–Kier alpha value is -1.31. The predicted molar refractivity (Wildman–Crippen MR) is 80.4 cm³/mol. The molecule has 1 rings (SSSR count). The highest BCUT2D eigenvalue weighted by atomic mass is 127. The van der Waals surface area contributed by atoms with Gasteiger partial charge in [0.15, 0.2) is 0 Å². The number of benzene rings is 1. The molecule has 0 aromatic heterocycles. The van der Waals surface area contributed by atoms with E-state index >= 15 is 0 Å². The van der Waals surface area contributed by atoms with Crippen molar-refractivity contribution in [2.75, 3.05) is 12.4 Å². The Morgan fingerprint density at radius 3 is 2.37 bits per heavy atom. The summed E-state index contributed by atoms with van der Waals surface area (Å²) in [4.78, 5) is 23.0. The molecule has 0 heterocycles. The van der Waals surface area contributed by atoms with Gasteiger partial charge in [0, 0.05) is 9.26 Å². The molecule has 0 unspecified atom stereocenters. The summed E-state index contributed by atoms with van der Waals surface area (Å²) >= 11 is 2.01. The number of nitrogens with one attached hydrogen (secondary N) is 1. The van der Waals surface area contributed by atoms with Crippen LogP contribution < -0.4 is 5.32 Å². The number of methoxy groups -OCH3 is 1. The number of amides is 1. The van der Waals surface area contributed by atoms with Crippen molar-refractivity contribution >= 4 is 40.3 Å². The fourth-order valence-electron chi connectivity index (χ4n) is 1.29. The molecule has 1 N–H and O–H groups in total. The van der Waals surface area contributed by atoms with Gasteiger partial charge in [0.25, 0.3) is 0 Å². The van der Waals surface area contributed by atoms with Gasteiger partial charge in [0.05, 0.1) is 12.7 Å². The molecule has 1 aromatic carbocycles. The number of halogens is 1. The normalized spacial score (nSPS) is 10.8. The lowest BCUT2D eigenvalue weighted by molar-refractivity contribution is 0.0598. The van der Waals surface area contributed by atoms with E-state index in [2.05, 4.69) is 10.1 Å². The number of esters is 1. The molecule has 1 aromatic rings. The van der Waals surface area contributed by atoms with Crippen LogP contribution in [0.1, 0.15) is 31.1 Å². The lowest BCUT2D eigenvalue weighted by Gasteiger charge is -2.19. The van der Waals surface area contributed by atoms with Gasteiger partial charge in [-0.2, -0.15) is 0 Å². The molecule has 0 saturated carbocycles. The van der Waals surface area contributed by atoms with E-state index in [1.54, 1.807) is 39.0 Å². The summed E-state index contributed by atoms with van der Waals surface area (Å²) in [5.41, 5.74) is 0.465. The summed E-state index contributed by atoms with van der Waals surface area (Å²) in [5.74, 6) is -0.409. The fraction of sp³-hybridized carbons (Fsp3) is 0.385. The van der Waals surface area contributed by atoms with Gasteiger partial charge in [0.2, 0.25) is 0 Å². The summed E-state index contributed by atoms with van der Waals surface area (Å²) in [5, 5.41) is 2.61. The van der Waals surface area contributed by atoms with E-state index in [0.29, 0.717) is 14.8 Å². The van der Waals surface area contributed by atoms with Crippen molar-refractivity contribution < 1.29 is 19.1 Å². The van der Waals surface area contributed by atoms with Crippen molar-refractivity contribution in [1.82, 2.24) is 0 Å². The standard InChI is InChI=1S/C13H16INO4/c1-13(2,3)19-12(17)15-8-5-6-9(10(14)7-8)11(16)18-4/h5-7H,1-4H3,(H,15,17). The van der Waals surface area contributed by atoms with E-state index < -0.39 is 17.7 Å². The Labute approximate surface area is 125 Å². The van der Waals surface area contributed by atoms with Gasteiger partial charge in [-0.15, -0.1) is 0 Å². The maximum atomic E-state index is 11.6. The number of rotatable bonds is 2. The Bertz CT molecular complexity index is 494. The summed E-state index contributed by atoms with van der Waals surface area (Å²) in [6.07, 6.45) is -0.533. The highest BCUT2D eigenvalue weighted by Crippen LogP contribution is 2.19. The largest absolute Gasteiger partial charge is 0.465 e. The van der Waals surface area contributed by atoms with Gasteiger partial charge in [-0.3, -0.25) is 5.32 Å². The smallest absolute Gasteiger partial charge is 0.412 e. The van der Waals surface area contributed by atoms with Gasteiger partial charge < -0.3 is 9.47 Å². The number of ether oxygens (including phenoxy) is 2. The zero-order valence-corrected chi connectivity index (χ0v) is 13.4. The summed E-state index contributed by atoms with van der Waals surface area (Å²) in [6.45, 7) is 5.37. The van der Waals surface area contributed by atoms with Crippen LogP contribution in [0.15, 0.2) is 18.2 Å². The maximum Gasteiger partial charge on any atom is 0.412 e. The number of anilines is 1.